The van der Waals surface area contributed by atoms with E-state index < -0.39 is 66.2 Å². The van der Waals surface area contributed by atoms with E-state index in [0.717, 1.165) is 10.9 Å². The monoisotopic (exact) mass is 603 g/mol. The second kappa shape index (κ2) is 16.3. The molecule has 1 heterocycles. The predicted molar refractivity (Wildman–Crippen MR) is 154 cm³/mol. The molecule has 0 aliphatic carbocycles. The summed E-state index contributed by atoms with van der Waals surface area (Å²) in [6.07, 6.45) is 0.400. The van der Waals surface area contributed by atoms with Crippen LogP contribution in [0.4, 0.5) is 0 Å². The third-order valence-electron chi connectivity index (χ3n) is 6.34. The van der Waals surface area contributed by atoms with Gasteiger partial charge in [-0.3, -0.25) is 29.0 Å². The van der Waals surface area contributed by atoms with Crippen LogP contribution >= 0.6 is 0 Å². The molecule has 0 spiro atoms. The van der Waals surface area contributed by atoms with Crippen molar-refractivity contribution in [2.24, 2.45) is 27.9 Å². The Morgan fingerprint density at radius 1 is 0.860 bits per heavy atom. The van der Waals surface area contributed by atoms with Gasteiger partial charge in [-0.1, -0.05) is 18.2 Å². The third-order valence-corrected chi connectivity index (χ3v) is 6.34. The van der Waals surface area contributed by atoms with Crippen LogP contribution in [0.1, 0.15) is 37.7 Å². The molecule has 1 aromatic carbocycles. The summed E-state index contributed by atoms with van der Waals surface area (Å²) in [5, 5.41) is 26.5. The van der Waals surface area contributed by atoms with Gasteiger partial charge >= 0.3 is 11.9 Å². The fourth-order valence-electron chi connectivity index (χ4n) is 4.15. The first-order valence-electron chi connectivity index (χ1n) is 13.3. The van der Waals surface area contributed by atoms with E-state index in [-0.39, 0.29) is 44.6 Å². The van der Waals surface area contributed by atoms with Gasteiger partial charge in [-0.15, -0.1) is 0 Å². The second-order valence-corrected chi connectivity index (χ2v) is 9.74. The minimum atomic E-state index is -1.47. The number of nitrogens with zero attached hydrogens (tertiary/aromatic N) is 1. The van der Waals surface area contributed by atoms with Crippen LogP contribution in [0.15, 0.2) is 35.5 Å². The van der Waals surface area contributed by atoms with Crippen LogP contribution in [0.5, 0.6) is 0 Å². The summed E-state index contributed by atoms with van der Waals surface area (Å²) in [7, 11) is 0. The van der Waals surface area contributed by atoms with Gasteiger partial charge in [0, 0.05) is 36.5 Å². The van der Waals surface area contributed by atoms with Crippen LogP contribution in [0.3, 0.4) is 0 Å². The Labute approximate surface area is 245 Å². The summed E-state index contributed by atoms with van der Waals surface area (Å²) in [4.78, 5) is 80.4. The fourth-order valence-corrected chi connectivity index (χ4v) is 4.15. The van der Waals surface area contributed by atoms with Gasteiger partial charge in [0.1, 0.15) is 18.1 Å². The number of para-hydroxylation sites is 1. The zero-order valence-corrected chi connectivity index (χ0v) is 23.2. The van der Waals surface area contributed by atoms with Gasteiger partial charge in [0.15, 0.2) is 5.96 Å². The molecule has 0 bridgehead atoms. The number of carboxylic acid groups (broad SMARTS) is 2. The van der Waals surface area contributed by atoms with E-state index in [9.17, 15) is 33.9 Å². The van der Waals surface area contributed by atoms with E-state index in [1.165, 1.54) is 0 Å². The third kappa shape index (κ3) is 11.3. The Morgan fingerprint density at radius 2 is 1.49 bits per heavy atom. The molecule has 17 heteroatoms. The molecular formula is C26H37N9O8. The summed E-state index contributed by atoms with van der Waals surface area (Å²) in [5.41, 5.74) is 22.8. The summed E-state index contributed by atoms with van der Waals surface area (Å²) >= 11 is 0. The number of hydrogen-bond donors (Lipinski definition) is 10. The maximum absolute atomic E-state index is 13.5. The summed E-state index contributed by atoms with van der Waals surface area (Å²) < 4.78 is 0. The van der Waals surface area contributed by atoms with Crippen molar-refractivity contribution in [1.29, 1.82) is 0 Å². The van der Waals surface area contributed by atoms with Crippen molar-refractivity contribution in [3.8, 4) is 0 Å². The number of guanidine groups is 1. The smallest absolute Gasteiger partial charge is 0.326 e. The van der Waals surface area contributed by atoms with Crippen LogP contribution in [-0.4, -0.2) is 87.4 Å². The standard InChI is InChI=1S/C26H37N9O8/c27-15(11-21(37)38)22(39)35-19(10-13-12-32-16-5-2-1-4-14(13)16)24(41)33-17(7-8-20(28)36)23(40)34-18(25(42)43)6-3-9-31-26(29)30/h1-2,4-5,12,15,17-19,32H,3,6-11,27H2,(H2,28,36)(H,33,41)(H,34,40)(H,35,39)(H,37,38)(H,42,43)(H4,29,30,31). The number of rotatable bonds is 18. The quantitative estimate of drug-likeness (QED) is 0.0477. The van der Waals surface area contributed by atoms with Gasteiger partial charge in [-0.2, -0.15) is 0 Å². The highest BCUT2D eigenvalue weighted by atomic mass is 16.4. The van der Waals surface area contributed by atoms with Crippen molar-refractivity contribution in [2.75, 3.05) is 6.54 Å². The first-order valence-corrected chi connectivity index (χ1v) is 13.3. The molecule has 17 nitrogen and oxygen atoms in total. The molecule has 43 heavy (non-hydrogen) atoms. The molecule has 0 saturated heterocycles. The maximum atomic E-state index is 13.5. The number of carbonyl (C=O) groups is 6. The van der Waals surface area contributed by atoms with E-state index >= 15 is 0 Å². The Bertz CT molecular complexity index is 1360. The van der Waals surface area contributed by atoms with Gasteiger partial charge in [-0.25, -0.2) is 4.79 Å². The number of nitrogens with one attached hydrogen (secondary N) is 4. The number of amides is 4. The molecule has 2 rings (SSSR count). The topological polar surface area (TPSA) is 311 Å². The van der Waals surface area contributed by atoms with Crippen LogP contribution in [0.25, 0.3) is 10.9 Å². The maximum Gasteiger partial charge on any atom is 0.326 e. The SMILES string of the molecule is NC(=O)CCC(NC(=O)C(Cc1c[nH]c2ccccc12)NC(=O)C(N)CC(=O)O)C(=O)NC(CCCN=C(N)N)C(=O)O. The van der Waals surface area contributed by atoms with Crippen LogP contribution in [-0.2, 0) is 35.2 Å². The highest BCUT2D eigenvalue weighted by Gasteiger charge is 2.31. The van der Waals surface area contributed by atoms with E-state index in [1.54, 1.807) is 30.5 Å². The van der Waals surface area contributed by atoms with Crippen LogP contribution in [0, 0.1) is 0 Å². The van der Waals surface area contributed by atoms with Crippen molar-refractivity contribution in [2.45, 2.75) is 62.7 Å². The number of primary amides is 1. The fraction of sp³-hybridized carbons (Fsp3) is 0.423. The molecule has 2 aromatic rings. The number of carboxylic acids is 2. The number of aromatic nitrogens is 1. The van der Waals surface area contributed by atoms with Crippen molar-refractivity contribution in [3.63, 3.8) is 0 Å². The average Bonchev–Trinajstić information content (AvgIpc) is 3.33. The van der Waals surface area contributed by atoms with Gasteiger partial charge in [0.05, 0.1) is 12.5 Å². The number of carbonyl (C=O) groups excluding carboxylic acids is 4. The van der Waals surface area contributed by atoms with Crippen molar-refractivity contribution in [3.05, 3.63) is 36.0 Å². The lowest BCUT2D eigenvalue weighted by atomic mass is 10.0. The Morgan fingerprint density at radius 3 is 2.12 bits per heavy atom. The molecular weight excluding hydrogens is 566 g/mol. The second-order valence-electron chi connectivity index (χ2n) is 9.74. The van der Waals surface area contributed by atoms with Crippen molar-refractivity contribution in [1.82, 2.24) is 20.9 Å². The number of H-pyrrole nitrogens is 1. The Balaban J connectivity index is 2.28. The minimum absolute atomic E-state index is 0.0466. The van der Waals surface area contributed by atoms with Crippen molar-refractivity contribution < 1.29 is 39.0 Å². The number of nitrogens with two attached hydrogens (primary N) is 4. The summed E-state index contributed by atoms with van der Waals surface area (Å²) in [6, 6.07) is 1.56. The molecule has 14 N–H and O–H groups in total. The normalized spacial score (nSPS) is 13.6. The highest BCUT2D eigenvalue weighted by Crippen LogP contribution is 2.19. The zero-order valence-electron chi connectivity index (χ0n) is 23.2. The summed E-state index contributed by atoms with van der Waals surface area (Å²) in [6.45, 7) is 0.114. The lowest BCUT2D eigenvalue weighted by Gasteiger charge is -2.25. The molecule has 0 aliphatic rings. The number of benzene rings is 1. The van der Waals surface area contributed by atoms with Crippen LogP contribution in [0.2, 0.25) is 0 Å². The molecule has 0 saturated carbocycles. The predicted octanol–water partition coefficient (Wildman–Crippen LogP) is -2.63. The number of aromatic amines is 1. The Kier molecular flexibility index (Phi) is 12.9. The van der Waals surface area contributed by atoms with E-state index in [1.807, 2.05) is 0 Å². The van der Waals surface area contributed by atoms with E-state index in [4.69, 9.17) is 28.0 Å². The zero-order chi connectivity index (χ0) is 32.1. The van der Waals surface area contributed by atoms with Crippen molar-refractivity contribution >= 4 is 52.4 Å². The van der Waals surface area contributed by atoms with E-state index in [2.05, 4.69) is 25.9 Å². The largest absolute Gasteiger partial charge is 0.481 e. The van der Waals surface area contributed by atoms with Gasteiger partial charge in [-0.05, 0) is 30.9 Å². The lowest BCUT2D eigenvalue weighted by Crippen LogP contribution is -2.57. The number of hydrogen-bond acceptors (Lipinski definition) is 8. The number of fused-ring (bicyclic) bond motifs is 1. The van der Waals surface area contributed by atoms with Gasteiger partial charge in [0.2, 0.25) is 23.6 Å². The number of aliphatic imine (C=N–C) groups is 1. The minimum Gasteiger partial charge on any atom is -0.481 e. The first kappa shape index (κ1) is 34.0. The van der Waals surface area contributed by atoms with Gasteiger partial charge in [0.25, 0.3) is 0 Å². The molecule has 0 aliphatic heterocycles. The van der Waals surface area contributed by atoms with Crippen LogP contribution < -0.4 is 38.9 Å². The first-order chi connectivity index (χ1) is 20.3. The summed E-state index contributed by atoms with van der Waals surface area (Å²) in [5.74, 6) is -6.34. The number of aliphatic carboxylic acids is 2. The average molecular weight is 604 g/mol. The Hall–Kier alpha value is -5.19. The molecule has 234 valence electrons. The molecule has 0 fully saturated rings. The molecule has 0 radical (unpaired) electrons. The molecule has 4 atom stereocenters. The molecule has 4 amide bonds. The highest BCUT2D eigenvalue weighted by molar-refractivity contribution is 5.95. The lowest BCUT2D eigenvalue weighted by molar-refractivity contribution is -0.142. The van der Waals surface area contributed by atoms with Gasteiger partial charge < -0.3 is 54.1 Å². The molecule has 4 unspecified atom stereocenters. The molecule has 1 aromatic heterocycles. The van der Waals surface area contributed by atoms with E-state index in [0.29, 0.717) is 5.56 Å².